The van der Waals surface area contributed by atoms with Crippen LogP contribution in [-0.2, 0) is 14.3 Å². The molecule has 3 aromatic rings. The molecule has 174 valence electrons. The molecule has 1 aliphatic rings. The number of rotatable bonds is 8. The van der Waals surface area contributed by atoms with Crippen LogP contribution >= 0.6 is 11.6 Å². The molecule has 4 rings (SSSR count). The van der Waals surface area contributed by atoms with Crippen molar-refractivity contribution in [3.8, 4) is 11.1 Å². The van der Waals surface area contributed by atoms with E-state index in [1.807, 2.05) is 49.4 Å². The van der Waals surface area contributed by atoms with E-state index < -0.39 is 12.1 Å². The second-order valence-corrected chi connectivity index (χ2v) is 8.70. The van der Waals surface area contributed by atoms with Crippen LogP contribution < -0.4 is 4.90 Å². The fourth-order valence-corrected chi connectivity index (χ4v) is 4.39. The number of nitrogens with zero attached hydrogens (tertiary/aromatic N) is 2. The van der Waals surface area contributed by atoms with Crippen LogP contribution in [0.25, 0.3) is 22.0 Å². The van der Waals surface area contributed by atoms with E-state index in [4.69, 9.17) is 26.1 Å². The summed E-state index contributed by atoms with van der Waals surface area (Å²) in [4.78, 5) is 19.5. The average molecular weight is 469 g/mol. The summed E-state index contributed by atoms with van der Waals surface area (Å²) >= 11 is 6.15. The van der Waals surface area contributed by atoms with Gasteiger partial charge in [-0.25, -0.2) is 9.78 Å². The van der Waals surface area contributed by atoms with Crippen LogP contribution in [0.5, 0.6) is 0 Å². The Bertz CT molecular complexity index is 1130. The summed E-state index contributed by atoms with van der Waals surface area (Å²) in [6, 6.07) is 13.5. The summed E-state index contributed by atoms with van der Waals surface area (Å²) < 4.78 is 11.4. The summed E-state index contributed by atoms with van der Waals surface area (Å²) in [5.41, 5.74) is 4.03. The monoisotopic (exact) mass is 468 g/mol. The predicted molar refractivity (Wildman–Crippen MR) is 131 cm³/mol. The molecule has 1 aliphatic heterocycles. The van der Waals surface area contributed by atoms with E-state index in [1.165, 1.54) is 0 Å². The maximum absolute atomic E-state index is 12.3. The van der Waals surface area contributed by atoms with Gasteiger partial charge in [-0.15, -0.1) is 0 Å². The molecule has 1 aromatic heterocycles. The van der Waals surface area contributed by atoms with Crippen molar-refractivity contribution in [3.63, 3.8) is 0 Å². The normalized spacial score (nSPS) is 15.1. The molecule has 1 unspecified atom stereocenters. The van der Waals surface area contributed by atoms with Gasteiger partial charge in [-0.2, -0.15) is 0 Å². The highest BCUT2D eigenvalue weighted by Gasteiger charge is 2.28. The second-order valence-electron chi connectivity index (χ2n) is 8.27. The number of aryl methyl sites for hydroxylation is 1. The quantitative estimate of drug-likeness (QED) is 0.431. The minimum Gasteiger partial charge on any atom is -0.479 e. The zero-order valence-electron chi connectivity index (χ0n) is 19.0. The number of ether oxygens (including phenoxy) is 2. The van der Waals surface area contributed by atoms with E-state index in [1.54, 1.807) is 0 Å². The van der Waals surface area contributed by atoms with Crippen LogP contribution in [0.1, 0.15) is 37.0 Å². The molecule has 1 saturated heterocycles. The number of benzene rings is 2. The lowest BCUT2D eigenvalue weighted by Gasteiger charge is -2.28. The Morgan fingerprint density at radius 1 is 1.21 bits per heavy atom. The van der Waals surface area contributed by atoms with E-state index >= 15 is 0 Å². The maximum atomic E-state index is 12.3. The van der Waals surface area contributed by atoms with Gasteiger partial charge in [0.2, 0.25) is 0 Å². The highest BCUT2D eigenvalue weighted by Crippen LogP contribution is 2.40. The number of carboxylic acid groups (broad SMARTS) is 1. The molecule has 1 fully saturated rings. The minimum absolute atomic E-state index is 0.388. The first-order chi connectivity index (χ1) is 16.0. The van der Waals surface area contributed by atoms with Crippen LogP contribution in [0.15, 0.2) is 42.5 Å². The van der Waals surface area contributed by atoms with Crippen LogP contribution in [0.2, 0.25) is 5.02 Å². The lowest BCUT2D eigenvalue weighted by molar-refractivity contribution is -0.151. The average Bonchev–Trinajstić information content (AvgIpc) is 2.82. The van der Waals surface area contributed by atoms with Gasteiger partial charge in [-0.3, -0.25) is 0 Å². The number of anilines is 1. The standard InChI is InChI=1S/C26H29ClN2O4/c1-3-4-13-33-25(26(30)31)23-17(2)16-21-20(24(23)18-5-7-19(27)8-6-18)9-10-22(28-21)29-11-14-32-15-12-29/h5-10,16,25H,3-4,11-15H2,1-2H3,(H,30,31). The Morgan fingerprint density at radius 2 is 1.94 bits per heavy atom. The number of morpholine rings is 1. The van der Waals surface area contributed by atoms with Gasteiger partial charge in [0.25, 0.3) is 0 Å². The fraction of sp³-hybridized carbons (Fsp3) is 0.385. The van der Waals surface area contributed by atoms with Gasteiger partial charge in [0.05, 0.1) is 18.7 Å². The highest BCUT2D eigenvalue weighted by atomic mass is 35.5. The Labute approximate surface area is 199 Å². The second kappa shape index (κ2) is 10.5. The van der Waals surface area contributed by atoms with Crippen molar-refractivity contribution >= 4 is 34.3 Å². The number of hydrogen-bond acceptors (Lipinski definition) is 5. The van der Waals surface area contributed by atoms with Crippen molar-refractivity contribution in [1.82, 2.24) is 4.98 Å². The topological polar surface area (TPSA) is 71.9 Å². The molecule has 7 heteroatoms. The lowest BCUT2D eigenvalue weighted by Crippen LogP contribution is -2.36. The van der Waals surface area contributed by atoms with Crippen LogP contribution in [0, 0.1) is 6.92 Å². The summed E-state index contributed by atoms with van der Waals surface area (Å²) in [5, 5.41) is 11.6. The largest absolute Gasteiger partial charge is 0.479 e. The number of unbranched alkanes of at least 4 members (excludes halogenated alkanes) is 1. The first-order valence-corrected chi connectivity index (χ1v) is 11.7. The molecule has 6 nitrogen and oxygen atoms in total. The van der Waals surface area contributed by atoms with Crippen molar-refractivity contribution < 1.29 is 19.4 Å². The van der Waals surface area contributed by atoms with Gasteiger partial charge in [-0.05, 0) is 60.4 Å². The molecular formula is C26H29ClN2O4. The van der Waals surface area contributed by atoms with Crippen LogP contribution in [0.3, 0.4) is 0 Å². The predicted octanol–water partition coefficient (Wildman–Crippen LogP) is 5.64. The molecule has 1 atom stereocenters. The van der Waals surface area contributed by atoms with E-state index in [0.29, 0.717) is 30.4 Å². The molecule has 0 radical (unpaired) electrons. The zero-order valence-corrected chi connectivity index (χ0v) is 19.8. The number of aliphatic carboxylic acids is 1. The number of pyridine rings is 1. The summed E-state index contributed by atoms with van der Waals surface area (Å²) in [6.45, 7) is 7.33. The van der Waals surface area contributed by atoms with Gasteiger partial charge in [0.15, 0.2) is 6.10 Å². The lowest BCUT2D eigenvalue weighted by atomic mass is 9.88. The molecule has 0 bridgehead atoms. The molecule has 0 spiro atoms. The Morgan fingerprint density at radius 3 is 2.61 bits per heavy atom. The van der Waals surface area contributed by atoms with E-state index in [-0.39, 0.29) is 0 Å². The molecule has 2 heterocycles. The summed E-state index contributed by atoms with van der Waals surface area (Å²) in [7, 11) is 0. The SMILES string of the molecule is CCCCOC(C(=O)O)c1c(C)cc2nc(N3CCOCC3)ccc2c1-c1ccc(Cl)cc1. The fourth-order valence-electron chi connectivity index (χ4n) is 4.27. The van der Waals surface area contributed by atoms with Gasteiger partial charge < -0.3 is 19.5 Å². The number of carbonyl (C=O) groups is 1. The number of fused-ring (bicyclic) bond motifs is 1. The molecule has 2 aromatic carbocycles. The molecule has 33 heavy (non-hydrogen) atoms. The Kier molecular flexibility index (Phi) is 7.48. The van der Waals surface area contributed by atoms with E-state index in [9.17, 15) is 9.90 Å². The summed E-state index contributed by atoms with van der Waals surface area (Å²) in [5.74, 6) is -0.101. The van der Waals surface area contributed by atoms with Gasteiger partial charge in [0, 0.05) is 35.7 Å². The van der Waals surface area contributed by atoms with Crippen molar-refractivity contribution in [3.05, 3.63) is 58.6 Å². The first-order valence-electron chi connectivity index (χ1n) is 11.4. The first kappa shape index (κ1) is 23.5. The smallest absolute Gasteiger partial charge is 0.337 e. The molecule has 0 amide bonds. The van der Waals surface area contributed by atoms with Crippen molar-refractivity contribution in [2.45, 2.75) is 32.8 Å². The van der Waals surface area contributed by atoms with Crippen molar-refractivity contribution in [1.29, 1.82) is 0 Å². The van der Waals surface area contributed by atoms with Gasteiger partial charge >= 0.3 is 5.97 Å². The van der Waals surface area contributed by atoms with Crippen molar-refractivity contribution in [2.24, 2.45) is 0 Å². The van der Waals surface area contributed by atoms with Gasteiger partial charge in [0.1, 0.15) is 5.82 Å². The zero-order chi connectivity index (χ0) is 23.4. The Hall–Kier alpha value is -2.67. The number of aromatic nitrogens is 1. The third kappa shape index (κ3) is 5.13. The molecule has 0 aliphatic carbocycles. The van der Waals surface area contributed by atoms with Crippen LogP contribution in [0.4, 0.5) is 5.82 Å². The van der Waals surface area contributed by atoms with Crippen LogP contribution in [-0.4, -0.2) is 49.0 Å². The van der Waals surface area contributed by atoms with Gasteiger partial charge in [-0.1, -0.05) is 37.1 Å². The Balaban J connectivity index is 1.90. The minimum atomic E-state index is -1.06. The highest BCUT2D eigenvalue weighted by molar-refractivity contribution is 6.30. The third-order valence-corrected chi connectivity index (χ3v) is 6.22. The maximum Gasteiger partial charge on any atom is 0.337 e. The third-order valence-electron chi connectivity index (χ3n) is 5.96. The molecular weight excluding hydrogens is 440 g/mol. The van der Waals surface area contributed by atoms with E-state index in [0.717, 1.165) is 59.3 Å². The number of hydrogen-bond donors (Lipinski definition) is 1. The molecule has 1 N–H and O–H groups in total. The molecule has 0 saturated carbocycles. The number of carboxylic acids is 1. The summed E-state index contributed by atoms with van der Waals surface area (Å²) in [6.07, 6.45) is 0.670. The van der Waals surface area contributed by atoms with Crippen molar-refractivity contribution in [2.75, 3.05) is 37.8 Å². The van der Waals surface area contributed by atoms with E-state index in [2.05, 4.69) is 11.8 Å². The number of halogens is 1.